The zero-order chi connectivity index (χ0) is 10.8. The van der Waals surface area contributed by atoms with E-state index in [1.807, 2.05) is 16.8 Å². The summed E-state index contributed by atoms with van der Waals surface area (Å²) in [7, 11) is 1.71. The predicted molar refractivity (Wildman–Crippen MR) is 61.1 cm³/mol. The normalized spacial score (nSPS) is 10.5. The third-order valence-electron chi connectivity index (χ3n) is 1.99. The minimum Gasteiger partial charge on any atom is -0.292 e. The molecule has 0 aromatic carbocycles. The number of nitrogens with zero attached hydrogens (tertiary/aromatic N) is 3. The number of rotatable bonds is 3. The molecule has 2 aromatic heterocycles. The van der Waals surface area contributed by atoms with E-state index in [4.69, 9.17) is 0 Å². The van der Waals surface area contributed by atoms with Crippen molar-refractivity contribution in [3.05, 3.63) is 32.7 Å². The Morgan fingerprint density at radius 3 is 3.00 bits per heavy atom. The Labute approximate surface area is 99.0 Å². The zero-order valence-electron chi connectivity index (χ0n) is 7.98. The Morgan fingerprint density at radius 2 is 2.47 bits per heavy atom. The lowest BCUT2D eigenvalue weighted by Crippen LogP contribution is -2.09. The first kappa shape index (κ1) is 10.5. The summed E-state index contributed by atoms with van der Waals surface area (Å²) >= 11 is 4.79. The molecule has 2 rings (SSSR count). The van der Waals surface area contributed by atoms with Gasteiger partial charge in [0.05, 0.1) is 0 Å². The minimum absolute atomic E-state index is 0.0211. The number of hydrogen-bond acceptors (Lipinski definition) is 4. The monoisotopic (exact) mass is 285 g/mol. The maximum Gasteiger partial charge on any atom is 0.188 e. The lowest BCUT2D eigenvalue weighted by Gasteiger charge is -1.99. The van der Waals surface area contributed by atoms with Gasteiger partial charge in [-0.15, -0.1) is 5.10 Å². The van der Waals surface area contributed by atoms with E-state index < -0.39 is 0 Å². The quantitative estimate of drug-likeness (QED) is 0.811. The van der Waals surface area contributed by atoms with Crippen molar-refractivity contribution in [2.24, 2.45) is 7.05 Å². The van der Waals surface area contributed by atoms with E-state index in [0.29, 0.717) is 16.7 Å². The van der Waals surface area contributed by atoms with Crippen molar-refractivity contribution in [2.75, 3.05) is 0 Å². The second kappa shape index (κ2) is 4.24. The predicted octanol–water partition coefficient (Wildman–Crippen LogP) is 2.06. The molecule has 0 radical (unpaired) electrons. The molecular weight excluding hydrogens is 278 g/mol. The standard InChI is InChI=1S/C9H8BrN3OS/c1-13-8(9(10)11-12-13)7(14)4-6-2-3-15-5-6/h2-3,5H,4H2,1H3. The maximum atomic E-state index is 11.9. The highest BCUT2D eigenvalue weighted by Gasteiger charge is 2.16. The topological polar surface area (TPSA) is 47.8 Å². The highest BCUT2D eigenvalue weighted by molar-refractivity contribution is 9.10. The summed E-state index contributed by atoms with van der Waals surface area (Å²) in [6.45, 7) is 0. The van der Waals surface area contributed by atoms with Crippen molar-refractivity contribution < 1.29 is 4.79 Å². The molecule has 0 aliphatic heterocycles. The van der Waals surface area contributed by atoms with E-state index in [-0.39, 0.29) is 5.78 Å². The van der Waals surface area contributed by atoms with Crippen molar-refractivity contribution >= 4 is 33.0 Å². The molecule has 0 aliphatic carbocycles. The lowest BCUT2D eigenvalue weighted by molar-refractivity contribution is 0.0983. The summed E-state index contributed by atoms with van der Waals surface area (Å²) in [5.74, 6) is 0.0211. The van der Waals surface area contributed by atoms with Crippen LogP contribution in [0.25, 0.3) is 0 Å². The van der Waals surface area contributed by atoms with Crippen LogP contribution in [-0.4, -0.2) is 20.8 Å². The molecule has 0 N–H and O–H groups in total. The number of aryl methyl sites for hydroxylation is 1. The van der Waals surface area contributed by atoms with E-state index in [9.17, 15) is 4.79 Å². The molecule has 0 bridgehead atoms. The van der Waals surface area contributed by atoms with E-state index in [1.165, 1.54) is 4.68 Å². The van der Waals surface area contributed by atoms with Crippen LogP contribution in [0.1, 0.15) is 16.1 Å². The summed E-state index contributed by atoms with van der Waals surface area (Å²) in [5.41, 5.74) is 1.54. The van der Waals surface area contributed by atoms with Crippen molar-refractivity contribution in [2.45, 2.75) is 6.42 Å². The van der Waals surface area contributed by atoms with Gasteiger partial charge in [0.2, 0.25) is 0 Å². The number of aromatic nitrogens is 3. The van der Waals surface area contributed by atoms with Crippen LogP contribution in [0, 0.1) is 0 Å². The molecule has 6 heteroatoms. The van der Waals surface area contributed by atoms with Crippen molar-refractivity contribution in [1.29, 1.82) is 0 Å². The van der Waals surface area contributed by atoms with Crippen molar-refractivity contribution in [3.63, 3.8) is 0 Å². The molecular formula is C9H8BrN3OS. The molecule has 2 heterocycles. The molecule has 0 saturated carbocycles. The first-order chi connectivity index (χ1) is 7.18. The molecule has 15 heavy (non-hydrogen) atoms. The van der Waals surface area contributed by atoms with Gasteiger partial charge in [0.25, 0.3) is 0 Å². The summed E-state index contributed by atoms with van der Waals surface area (Å²) in [4.78, 5) is 11.9. The van der Waals surface area contributed by atoms with Crippen LogP contribution in [0.4, 0.5) is 0 Å². The van der Waals surface area contributed by atoms with Gasteiger partial charge in [0.15, 0.2) is 10.4 Å². The summed E-state index contributed by atoms with van der Waals surface area (Å²) < 4.78 is 1.99. The Kier molecular flexibility index (Phi) is 2.97. The third kappa shape index (κ3) is 2.15. The fourth-order valence-corrected chi connectivity index (χ4v) is 2.51. The summed E-state index contributed by atoms with van der Waals surface area (Å²) in [6.07, 6.45) is 0.392. The van der Waals surface area contributed by atoms with Crippen LogP contribution < -0.4 is 0 Å². The van der Waals surface area contributed by atoms with Gasteiger partial charge in [-0.2, -0.15) is 11.3 Å². The molecule has 0 spiro atoms. The number of halogens is 1. The number of carbonyl (C=O) groups excluding carboxylic acids is 1. The van der Waals surface area contributed by atoms with Gasteiger partial charge in [0.1, 0.15) is 5.69 Å². The highest BCUT2D eigenvalue weighted by Crippen LogP contribution is 2.16. The maximum absolute atomic E-state index is 11.9. The van der Waals surface area contributed by atoms with Gasteiger partial charge in [-0.05, 0) is 38.3 Å². The Morgan fingerprint density at radius 1 is 1.67 bits per heavy atom. The molecule has 0 aliphatic rings. The van der Waals surface area contributed by atoms with Gasteiger partial charge in [-0.1, -0.05) is 5.21 Å². The number of carbonyl (C=O) groups is 1. The fraction of sp³-hybridized carbons (Fsp3) is 0.222. The molecule has 0 fully saturated rings. The van der Waals surface area contributed by atoms with Gasteiger partial charge in [0, 0.05) is 13.5 Å². The van der Waals surface area contributed by atoms with Gasteiger partial charge in [-0.25, -0.2) is 4.68 Å². The van der Waals surface area contributed by atoms with Crippen LogP contribution in [0.15, 0.2) is 21.4 Å². The van der Waals surface area contributed by atoms with Crippen LogP contribution in [-0.2, 0) is 13.5 Å². The van der Waals surface area contributed by atoms with Crippen molar-refractivity contribution in [3.8, 4) is 0 Å². The lowest BCUT2D eigenvalue weighted by atomic mass is 10.1. The summed E-state index contributed by atoms with van der Waals surface area (Å²) in [6, 6.07) is 1.94. The molecule has 2 aromatic rings. The van der Waals surface area contributed by atoms with Gasteiger partial charge >= 0.3 is 0 Å². The van der Waals surface area contributed by atoms with Crippen molar-refractivity contribution in [1.82, 2.24) is 15.0 Å². The smallest absolute Gasteiger partial charge is 0.188 e. The first-order valence-electron chi connectivity index (χ1n) is 4.28. The molecule has 0 saturated heterocycles. The van der Waals surface area contributed by atoms with Crippen LogP contribution in [0.3, 0.4) is 0 Å². The Balaban J connectivity index is 2.22. The van der Waals surface area contributed by atoms with Crippen LogP contribution >= 0.6 is 27.3 Å². The number of ketones is 1. The molecule has 4 nitrogen and oxygen atoms in total. The summed E-state index contributed by atoms with van der Waals surface area (Å²) in [5, 5.41) is 11.5. The zero-order valence-corrected chi connectivity index (χ0v) is 10.4. The number of thiophene rings is 1. The largest absolute Gasteiger partial charge is 0.292 e. The molecule has 78 valence electrons. The average molecular weight is 286 g/mol. The minimum atomic E-state index is 0.0211. The first-order valence-corrected chi connectivity index (χ1v) is 6.01. The van der Waals surface area contributed by atoms with Gasteiger partial charge < -0.3 is 0 Å². The van der Waals surface area contributed by atoms with Gasteiger partial charge in [-0.3, -0.25) is 4.79 Å². The van der Waals surface area contributed by atoms with E-state index in [0.717, 1.165) is 5.56 Å². The number of hydrogen-bond donors (Lipinski definition) is 0. The van der Waals surface area contributed by atoms with E-state index >= 15 is 0 Å². The second-order valence-corrected chi connectivity index (χ2v) is 4.62. The number of Topliss-reactive ketones (excluding diaryl/α,β-unsaturated/α-hetero) is 1. The Bertz CT molecular complexity index is 458. The Hall–Kier alpha value is -1.01. The van der Waals surface area contributed by atoms with E-state index in [2.05, 4.69) is 26.2 Å². The SMILES string of the molecule is Cn1nnc(Br)c1C(=O)Cc1ccsc1. The molecule has 0 atom stereocenters. The highest BCUT2D eigenvalue weighted by atomic mass is 79.9. The fourth-order valence-electron chi connectivity index (χ4n) is 1.29. The molecule has 0 amide bonds. The van der Waals surface area contributed by atoms with Crippen LogP contribution in [0.2, 0.25) is 0 Å². The third-order valence-corrected chi connectivity index (χ3v) is 3.26. The van der Waals surface area contributed by atoms with Crippen LogP contribution in [0.5, 0.6) is 0 Å². The van der Waals surface area contributed by atoms with E-state index in [1.54, 1.807) is 18.4 Å². The molecule has 0 unspecified atom stereocenters. The average Bonchev–Trinajstić information content (AvgIpc) is 2.77. The second-order valence-electron chi connectivity index (χ2n) is 3.08.